The predicted molar refractivity (Wildman–Crippen MR) is 109 cm³/mol. The lowest BCUT2D eigenvalue weighted by molar-refractivity contribution is 0.771. The Bertz CT molecular complexity index is 1320. The van der Waals surface area contributed by atoms with Crippen molar-refractivity contribution in [1.29, 1.82) is 0 Å². The predicted octanol–water partition coefficient (Wildman–Crippen LogP) is 3.02. The Morgan fingerprint density at radius 1 is 1.07 bits per heavy atom. The minimum absolute atomic E-state index is 0.417. The van der Waals surface area contributed by atoms with Crippen molar-refractivity contribution < 1.29 is 0 Å². The van der Waals surface area contributed by atoms with Gasteiger partial charge in [-0.05, 0) is 25.1 Å². The number of H-pyrrole nitrogens is 1. The number of fused-ring (bicyclic) bond motifs is 2. The molecule has 2 heterocycles. The monoisotopic (exact) mass is 358 g/mol. The molecule has 134 valence electrons. The Balaban J connectivity index is 1.91. The second-order valence-electron chi connectivity index (χ2n) is 6.25. The molecule has 4 aromatic rings. The first-order valence-corrected chi connectivity index (χ1v) is 8.59. The van der Waals surface area contributed by atoms with Crippen LogP contribution in [0.2, 0.25) is 0 Å². The average Bonchev–Trinajstić information content (AvgIpc) is 2.94. The highest BCUT2D eigenvalue weighted by Gasteiger charge is 2.12. The minimum Gasteiger partial charge on any atom is -0.340 e. The van der Waals surface area contributed by atoms with Crippen molar-refractivity contribution >= 4 is 28.0 Å². The largest absolute Gasteiger partial charge is 0.349 e. The Hall–Kier alpha value is -3.67. The van der Waals surface area contributed by atoms with Gasteiger partial charge >= 0.3 is 5.69 Å². The molecule has 0 aliphatic heterocycles. The molecular formula is C21H18N4O2. The zero-order valence-corrected chi connectivity index (χ0v) is 14.8. The number of aromatic nitrogens is 3. The maximum Gasteiger partial charge on any atom is 0.349 e. The van der Waals surface area contributed by atoms with Crippen molar-refractivity contribution in [3.05, 3.63) is 93.3 Å². The van der Waals surface area contributed by atoms with Gasteiger partial charge in [0.25, 0.3) is 5.56 Å². The van der Waals surface area contributed by atoms with Gasteiger partial charge in [-0.1, -0.05) is 36.4 Å². The molecule has 2 aromatic carbocycles. The molecular weight excluding hydrogens is 340 g/mol. The van der Waals surface area contributed by atoms with Gasteiger partial charge in [0.05, 0.1) is 17.1 Å². The zero-order chi connectivity index (χ0) is 19.0. The summed E-state index contributed by atoms with van der Waals surface area (Å²) in [5.74, 6) is 0. The number of nitrogens with zero attached hydrogens (tertiary/aromatic N) is 3. The van der Waals surface area contributed by atoms with Crippen LogP contribution < -0.4 is 11.2 Å². The first-order valence-electron chi connectivity index (χ1n) is 8.59. The maximum atomic E-state index is 12.6. The average molecular weight is 358 g/mol. The SMILES string of the molecule is C=CCn1c(C)c(C=Nn2c(=O)[nH]c3ccccc3c2=O)c2ccccc21. The normalized spacial score (nSPS) is 11.6. The number of nitrogens with one attached hydrogen (secondary N) is 1. The third-order valence-electron chi connectivity index (χ3n) is 4.68. The Labute approximate surface area is 154 Å². The molecule has 6 heteroatoms. The molecule has 0 atom stereocenters. The van der Waals surface area contributed by atoms with Crippen LogP contribution in [0.25, 0.3) is 21.8 Å². The number of rotatable bonds is 4. The van der Waals surface area contributed by atoms with E-state index in [9.17, 15) is 9.59 Å². The highest BCUT2D eigenvalue weighted by molar-refractivity contribution is 6.01. The number of allylic oxidation sites excluding steroid dienone is 1. The van der Waals surface area contributed by atoms with Crippen molar-refractivity contribution in [3.63, 3.8) is 0 Å². The molecule has 0 unspecified atom stereocenters. The van der Waals surface area contributed by atoms with E-state index >= 15 is 0 Å². The van der Waals surface area contributed by atoms with E-state index < -0.39 is 11.2 Å². The van der Waals surface area contributed by atoms with E-state index in [0.717, 1.165) is 26.8 Å². The highest BCUT2D eigenvalue weighted by Crippen LogP contribution is 2.24. The van der Waals surface area contributed by atoms with Crippen LogP contribution in [0.4, 0.5) is 0 Å². The molecule has 4 rings (SSSR count). The van der Waals surface area contributed by atoms with Crippen molar-refractivity contribution in [2.45, 2.75) is 13.5 Å². The summed E-state index contributed by atoms with van der Waals surface area (Å²) in [4.78, 5) is 27.6. The van der Waals surface area contributed by atoms with E-state index in [4.69, 9.17) is 0 Å². The van der Waals surface area contributed by atoms with Crippen molar-refractivity contribution in [2.24, 2.45) is 5.10 Å². The van der Waals surface area contributed by atoms with Crippen LogP contribution in [0.5, 0.6) is 0 Å². The standard InChI is InChI=1S/C21H18N4O2/c1-3-12-24-14(2)17(15-8-5-7-11-19(15)24)13-22-25-20(26)16-9-4-6-10-18(16)23-21(25)27/h3-11,13H,1,12H2,2H3,(H,23,27). The summed E-state index contributed by atoms with van der Waals surface area (Å²) in [6, 6.07) is 14.8. The molecule has 0 fully saturated rings. The number of aromatic amines is 1. The molecule has 0 spiro atoms. The van der Waals surface area contributed by atoms with E-state index in [0.29, 0.717) is 17.4 Å². The van der Waals surface area contributed by atoms with Crippen LogP contribution in [-0.2, 0) is 6.54 Å². The lowest BCUT2D eigenvalue weighted by atomic mass is 10.1. The lowest BCUT2D eigenvalue weighted by Crippen LogP contribution is -2.32. The third kappa shape index (κ3) is 2.71. The van der Waals surface area contributed by atoms with Gasteiger partial charge in [0, 0.05) is 28.7 Å². The van der Waals surface area contributed by atoms with E-state index in [1.165, 1.54) is 0 Å². The Morgan fingerprint density at radius 3 is 2.56 bits per heavy atom. The number of hydrogen-bond acceptors (Lipinski definition) is 3. The fourth-order valence-electron chi connectivity index (χ4n) is 3.36. The summed E-state index contributed by atoms with van der Waals surface area (Å²) in [5.41, 5.74) is 2.39. The molecule has 0 amide bonds. The fourth-order valence-corrected chi connectivity index (χ4v) is 3.36. The smallest absolute Gasteiger partial charge is 0.340 e. The van der Waals surface area contributed by atoms with Crippen molar-refractivity contribution in [2.75, 3.05) is 0 Å². The van der Waals surface area contributed by atoms with Crippen molar-refractivity contribution in [3.8, 4) is 0 Å². The third-order valence-corrected chi connectivity index (χ3v) is 4.68. The number of benzene rings is 2. The fraction of sp³-hybridized carbons (Fsp3) is 0.0952. The molecule has 0 aliphatic rings. The molecule has 0 bridgehead atoms. The lowest BCUT2D eigenvalue weighted by Gasteiger charge is -2.04. The maximum absolute atomic E-state index is 12.6. The molecule has 2 aromatic heterocycles. The van der Waals surface area contributed by atoms with Gasteiger partial charge in [0.1, 0.15) is 0 Å². The summed E-state index contributed by atoms with van der Waals surface area (Å²) in [6.45, 7) is 6.46. The molecule has 0 radical (unpaired) electrons. The van der Waals surface area contributed by atoms with Gasteiger partial charge in [0.2, 0.25) is 0 Å². The quantitative estimate of drug-likeness (QED) is 0.450. The highest BCUT2D eigenvalue weighted by atomic mass is 16.2. The van der Waals surface area contributed by atoms with Gasteiger partial charge in [-0.15, -0.1) is 11.3 Å². The second kappa shape index (κ2) is 6.57. The van der Waals surface area contributed by atoms with Gasteiger partial charge in [0.15, 0.2) is 0 Å². The topological polar surface area (TPSA) is 72.2 Å². The summed E-state index contributed by atoms with van der Waals surface area (Å²) in [7, 11) is 0. The summed E-state index contributed by atoms with van der Waals surface area (Å²) in [5, 5.41) is 5.63. The van der Waals surface area contributed by atoms with E-state index in [-0.39, 0.29) is 0 Å². The first kappa shape index (κ1) is 16.8. The number of para-hydroxylation sites is 2. The van der Waals surface area contributed by atoms with E-state index in [1.807, 2.05) is 37.3 Å². The first-order chi connectivity index (χ1) is 13.1. The summed E-state index contributed by atoms with van der Waals surface area (Å²) in [6.07, 6.45) is 3.40. The molecule has 0 saturated carbocycles. The summed E-state index contributed by atoms with van der Waals surface area (Å²) < 4.78 is 2.98. The van der Waals surface area contributed by atoms with Gasteiger partial charge < -0.3 is 9.55 Å². The minimum atomic E-state index is -0.567. The van der Waals surface area contributed by atoms with Gasteiger partial charge in [-0.25, -0.2) is 4.79 Å². The molecule has 27 heavy (non-hydrogen) atoms. The van der Waals surface area contributed by atoms with E-state index in [2.05, 4.69) is 21.2 Å². The van der Waals surface area contributed by atoms with Crippen LogP contribution >= 0.6 is 0 Å². The van der Waals surface area contributed by atoms with Crippen LogP contribution in [0.3, 0.4) is 0 Å². The van der Waals surface area contributed by atoms with Crippen LogP contribution in [0.1, 0.15) is 11.3 Å². The molecule has 6 nitrogen and oxygen atoms in total. The summed E-state index contributed by atoms with van der Waals surface area (Å²) >= 11 is 0. The zero-order valence-electron chi connectivity index (χ0n) is 14.8. The molecule has 1 N–H and O–H groups in total. The molecule has 0 saturated heterocycles. The van der Waals surface area contributed by atoms with Crippen molar-refractivity contribution in [1.82, 2.24) is 14.2 Å². The number of hydrogen-bond donors (Lipinski definition) is 1. The van der Waals surface area contributed by atoms with Crippen LogP contribution in [-0.4, -0.2) is 20.4 Å². The van der Waals surface area contributed by atoms with Gasteiger partial charge in [-0.3, -0.25) is 4.79 Å². The van der Waals surface area contributed by atoms with Crippen LogP contribution in [0.15, 0.2) is 75.9 Å². The second-order valence-corrected chi connectivity index (χ2v) is 6.25. The Morgan fingerprint density at radius 2 is 1.78 bits per heavy atom. The molecule has 0 aliphatic carbocycles. The van der Waals surface area contributed by atoms with Crippen LogP contribution in [0, 0.1) is 6.92 Å². The van der Waals surface area contributed by atoms with E-state index in [1.54, 1.807) is 30.5 Å². The Kier molecular flexibility index (Phi) is 4.08. The van der Waals surface area contributed by atoms with Gasteiger partial charge in [-0.2, -0.15) is 5.10 Å².